The quantitative estimate of drug-likeness (QED) is 0.491. The molecule has 0 saturated heterocycles. The van der Waals surface area contributed by atoms with E-state index < -0.39 is 0 Å². The van der Waals surface area contributed by atoms with Crippen molar-refractivity contribution in [2.24, 2.45) is 11.3 Å². The molecule has 0 aliphatic heterocycles. The second-order valence-corrected chi connectivity index (χ2v) is 7.07. The highest BCUT2D eigenvalue weighted by atomic mass is 31.1. The largest absolute Gasteiger partial charge is 0.497 e. The van der Waals surface area contributed by atoms with E-state index >= 15 is 0 Å². The molecule has 4 nitrogen and oxygen atoms in total. The first-order valence-electron chi connectivity index (χ1n) is 7.37. The van der Waals surface area contributed by atoms with Crippen molar-refractivity contribution in [3.63, 3.8) is 0 Å². The summed E-state index contributed by atoms with van der Waals surface area (Å²) >= 11 is 0. The molecule has 0 saturated carbocycles. The van der Waals surface area contributed by atoms with E-state index in [0.29, 0.717) is 35.6 Å². The van der Waals surface area contributed by atoms with Gasteiger partial charge in [0, 0.05) is 18.6 Å². The molecule has 5 heteroatoms. The molecule has 1 unspecified atom stereocenters. The molecule has 0 fully saturated rings. The van der Waals surface area contributed by atoms with Gasteiger partial charge in [-0.3, -0.25) is 9.36 Å². The molecule has 0 heterocycles. The summed E-state index contributed by atoms with van der Waals surface area (Å²) < 4.78 is 21.1. The molecule has 0 spiro atoms. The number of ether oxygens (including phenoxy) is 2. The second-order valence-electron chi connectivity index (χ2n) is 6.45. The van der Waals surface area contributed by atoms with Gasteiger partial charge >= 0.3 is 0 Å². The average molecular weight is 324 g/mol. The fraction of sp³-hybridized carbons (Fsp3) is 0.588. The van der Waals surface area contributed by atoms with Crippen LogP contribution in [0.2, 0.25) is 0 Å². The lowest BCUT2D eigenvalue weighted by atomic mass is 9.79. The lowest BCUT2D eigenvalue weighted by Crippen LogP contribution is -2.21. The summed E-state index contributed by atoms with van der Waals surface area (Å²) in [5.74, 6) is 1.57. The van der Waals surface area contributed by atoms with Crippen LogP contribution in [0.15, 0.2) is 18.2 Å². The van der Waals surface area contributed by atoms with Gasteiger partial charge in [0.15, 0.2) is 14.2 Å². The van der Waals surface area contributed by atoms with Gasteiger partial charge in [0.25, 0.3) is 0 Å². The molecule has 0 amide bonds. The highest BCUT2D eigenvalue weighted by molar-refractivity contribution is 7.23. The Hall–Kier alpha value is -1.41. The summed E-state index contributed by atoms with van der Waals surface area (Å²) in [4.78, 5) is 12.6. The van der Waals surface area contributed by atoms with Crippen molar-refractivity contribution >= 4 is 14.2 Å². The van der Waals surface area contributed by atoms with Gasteiger partial charge in [-0.2, -0.15) is 0 Å². The van der Waals surface area contributed by atoms with Gasteiger partial charge in [0.05, 0.1) is 19.8 Å². The summed E-state index contributed by atoms with van der Waals surface area (Å²) in [5, 5.41) is 0. The van der Waals surface area contributed by atoms with Gasteiger partial charge in [-0.1, -0.05) is 20.8 Å². The van der Waals surface area contributed by atoms with Gasteiger partial charge in [0.1, 0.15) is 11.5 Å². The van der Waals surface area contributed by atoms with Crippen molar-refractivity contribution in [2.75, 3.05) is 20.4 Å². The normalized spacial score (nSPS) is 13.0. The topological polar surface area (TPSA) is 52.6 Å². The SMILES string of the molecule is COc1ccc(C(=O)CC(C)(C)CC(C)CP=O)c(OC)c1. The number of ketones is 1. The Kier molecular flexibility index (Phi) is 7.02. The minimum absolute atomic E-state index is 0.0522. The van der Waals surface area contributed by atoms with Crippen LogP contribution in [0, 0.1) is 11.3 Å². The fourth-order valence-corrected chi connectivity index (χ4v) is 3.15. The first kappa shape index (κ1) is 18.6. The smallest absolute Gasteiger partial charge is 0.167 e. The summed E-state index contributed by atoms with van der Waals surface area (Å²) in [5.41, 5.74) is 0.428. The van der Waals surface area contributed by atoms with Crippen LogP contribution in [0.1, 0.15) is 44.0 Å². The van der Waals surface area contributed by atoms with E-state index in [9.17, 15) is 9.36 Å². The molecule has 0 bridgehead atoms. The molecule has 122 valence electrons. The molecular weight excluding hydrogens is 299 g/mol. The number of hydrogen-bond donors (Lipinski definition) is 0. The van der Waals surface area contributed by atoms with Crippen LogP contribution in [-0.4, -0.2) is 26.2 Å². The molecule has 1 rings (SSSR count). The highest BCUT2D eigenvalue weighted by Crippen LogP contribution is 2.34. The molecule has 1 atom stereocenters. The molecule has 0 aliphatic carbocycles. The van der Waals surface area contributed by atoms with Crippen LogP contribution in [0.5, 0.6) is 11.5 Å². The van der Waals surface area contributed by atoms with Gasteiger partial charge in [-0.25, -0.2) is 0 Å². The molecule has 0 radical (unpaired) electrons. The molecule has 0 aliphatic rings. The Morgan fingerprint density at radius 2 is 1.95 bits per heavy atom. The zero-order chi connectivity index (χ0) is 16.8. The van der Waals surface area contributed by atoms with Gasteiger partial charge in [-0.15, -0.1) is 0 Å². The Bertz CT molecular complexity index is 525. The van der Waals surface area contributed by atoms with E-state index in [4.69, 9.17) is 9.47 Å². The maximum Gasteiger partial charge on any atom is 0.167 e. The van der Waals surface area contributed by atoms with Gasteiger partial charge in [-0.05, 0) is 29.9 Å². The Morgan fingerprint density at radius 1 is 1.27 bits per heavy atom. The van der Waals surface area contributed by atoms with Crippen molar-refractivity contribution in [3.05, 3.63) is 23.8 Å². The van der Waals surface area contributed by atoms with Crippen LogP contribution in [0.4, 0.5) is 0 Å². The molecule has 1 aromatic rings. The van der Waals surface area contributed by atoms with Crippen molar-refractivity contribution in [1.82, 2.24) is 0 Å². The van der Waals surface area contributed by atoms with E-state index in [0.717, 1.165) is 6.42 Å². The lowest BCUT2D eigenvalue weighted by Gasteiger charge is -2.27. The van der Waals surface area contributed by atoms with Crippen LogP contribution in [-0.2, 0) is 4.57 Å². The third-order valence-electron chi connectivity index (χ3n) is 3.64. The van der Waals surface area contributed by atoms with E-state index in [1.807, 2.05) is 0 Å². The zero-order valence-corrected chi connectivity index (χ0v) is 14.9. The zero-order valence-electron chi connectivity index (χ0n) is 14.0. The summed E-state index contributed by atoms with van der Waals surface area (Å²) in [7, 11) is 3.29. The first-order chi connectivity index (χ1) is 10.3. The van der Waals surface area contributed by atoms with Crippen LogP contribution >= 0.6 is 8.46 Å². The fourth-order valence-electron chi connectivity index (χ4n) is 2.77. The van der Waals surface area contributed by atoms with E-state index in [2.05, 4.69) is 20.8 Å². The van der Waals surface area contributed by atoms with Crippen LogP contribution in [0.25, 0.3) is 0 Å². The van der Waals surface area contributed by atoms with Gasteiger partial charge in [0.2, 0.25) is 0 Å². The number of benzene rings is 1. The minimum Gasteiger partial charge on any atom is -0.497 e. The van der Waals surface area contributed by atoms with Crippen molar-refractivity contribution in [2.45, 2.75) is 33.6 Å². The maximum absolute atomic E-state index is 12.6. The Morgan fingerprint density at radius 3 is 2.50 bits per heavy atom. The summed E-state index contributed by atoms with van der Waals surface area (Å²) in [6.07, 6.45) is 1.91. The third kappa shape index (κ3) is 5.42. The predicted octanol–water partition coefficient (Wildman–Crippen LogP) is 4.62. The van der Waals surface area contributed by atoms with Gasteiger partial charge < -0.3 is 9.47 Å². The summed E-state index contributed by atoms with van der Waals surface area (Å²) in [6.45, 7) is 6.20. The third-order valence-corrected chi connectivity index (χ3v) is 4.41. The predicted molar refractivity (Wildman–Crippen MR) is 88.5 cm³/mol. The lowest BCUT2D eigenvalue weighted by molar-refractivity contribution is 0.0915. The highest BCUT2D eigenvalue weighted by Gasteiger charge is 2.26. The van der Waals surface area contributed by atoms with Crippen molar-refractivity contribution in [1.29, 1.82) is 0 Å². The molecule has 0 aromatic heterocycles. The first-order valence-corrected chi connectivity index (χ1v) is 8.37. The number of carbonyl (C=O) groups is 1. The molecule has 1 aromatic carbocycles. The number of Topliss-reactive ketones (excluding diaryl/α,β-unsaturated/α-hetero) is 1. The Labute approximate surface area is 134 Å². The van der Waals surface area contributed by atoms with E-state index in [-0.39, 0.29) is 19.7 Å². The van der Waals surface area contributed by atoms with E-state index in [1.54, 1.807) is 32.4 Å². The van der Waals surface area contributed by atoms with Crippen molar-refractivity contribution in [3.8, 4) is 11.5 Å². The molecule has 22 heavy (non-hydrogen) atoms. The Balaban J connectivity index is 2.85. The molecular formula is C17H25O4P. The summed E-state index contributed by atoms with van der Waals surface area (Å²) in [6, 6.07) is 5.23. The maximum atomic E-state index is 12.6. The van der Waals surface area contributed by atoms with Crippen LogP contribution < -0.4 is 9.47 Å². The van der Waals surface area contributed by atoms with Crippen LogP contribution in [0.3, 0.4) is 0 Å². The standard InChI is InChI=1S/C17H25O4P/c1-12(11-22-19)9-17(2,3)10-15(18)14-7-6-13(20-4)8-16(14)21-5/h6-8,12H,9-11H2,1-5H3. The second kappa shape index (κ2) is 8.28. The molecule has 0 N–H and O–H groups in total. The minimum atomic E-state index is -0.147. The number of carbonyl (C=O) groups excluding carboxylic acids is 1. The average Bonchev–Trinajstić information content (AvgIpc) is 2.45. The number of rotatable bonds is 9. The monoisotopic (exact) mass is 324 g/mol. The van der Waals surface area contributed by atoms with E-state index in [1.165, 1.54) is 0 Å². The number of methoxy groups -OCH3 is 2. The number of hydrogen-bond acceptors (Lipinski definition) is 4. The van der Waals surface area contributed by atoms with Crippen molar-refractivity contribution < 1.29 is 18.8 Å².